The van der Waals surface area contributed by atoms with Crippen LogP contribution in [0.5, 0.6) is 0 Å². The van der Waals surface area contributed by atoms with Crippen LogP contribution in [0.1, 0.15) is 50.2 Å². The molecule has 1 aliphatic rings. The van der Waals surface area contributed by atoms with E-state index in [2.05, 4.69) is 5.32 Å². The largest absolute Gasteiger partial charge is 0.352 e. The summed E-state index contributed by atoms with van der Waals surface area (Å²) in [5, 5.41) is 3.41. The van der Waals surface area contributed by atoms with Gasteiger partial charge in [0.2, 0.25) is 21.8 Å². The summed E-state index contributed by atoms with van der Waals surface area (Å²) < 4.78 is 39.9. The first-order valence-corrected chi connectivity index (χ1v) is 14.3. The summed E-state index contributed by atoms with van der Waals surface area (Å²) in [7, 11) is -3.86. The lowest BCUT2D eigenvalue weighted by Gasteiger charge is -2.33. The maximum absolute atomic E-state index is 13.6. The predicted molar refractivity (Wildman–Crippen MR) is 140 cm³/mol. The van der Waals surface area contributed by atoms with E-state index in [0.717, 1.165) is 42.7 Å². The Morgan fingerprint density at radius 3 is 2.36 bits per heavy atom. The van der Waals surface area contributed by atoms with Gasteiger partial charge in [-0.3, -0.25) is 13.9 Å². The third kappa shape index (κ3) is 7.20. The van der Waals surface area contributed by atoms with E-state index < -0.39 is 34.3 Å². The third-order valence-electron chi connectivity index (χ3n) is 6.57. The summed E-state index contributed by atoms with van der Waals surface area (Å²) in [6.07, 6.45) is 6.02. The average molecular weight is 538 g/mol. The highest BCUT2D eigenvalue weighted by Gasteiger charge is 2.31. The van der Waals surface area contributed by atoms with Gasteiger partial charge < -0.3 is 10.2 Å². The highest BCUT2D eigenvalue weighted by Crippen LogP contribution is 2.28. The Morgan fingerprint density at radius 2 is 1.75 bits per heavy atom. The Labute approximate surface area is 217 Å². The molecule has 0 bridgehead atoms. The monoisotopic (exact) mass is 537 g/mol. The Balaban J connectivity index is 1.89. The molecule has 0 heterocycles. The van der Waals surface area contributed by atoms with Crippen LogP contribution < -0.4 is 9.62 Å². The zero-order valence-corrected chi connectivity index (χ0v) is 22.4. The fourth-order valence-electron chi connectivity index (χ4n) is 4.40. The van der Waals surface area contributed by atoms with Gasteiger partial charge in [-0.25, -0.2) is 12.8 Å². The summed E-state index contributed by atoms with van der Waals surface area (Å²) in [4.78, 5) is 28.1. The van der Waals surface area contributed by atoms with Gasteiger partial charge in [-0.1, -0.05) is 49.1 Å². The van der Waals surface area contributed by atoms with E-state index in [0.29, 0.717) is 21.8 Å². The van der Waals surface area contributed by atoms with E-state index in [9.17, 15) is 22.4 Å². The predicted octanol–water partition coefficient (Wildman–Crippen LogP) is 4.42. The highest BCUT2D eigenvalue weighted by atomic mass is 35.5. The molecular weight excluding hydrogens is 505 g/mol. The molecule has 2 aromatic carbocycles. The average Bonchev–Trinajstić information content (AvgIpc) is 2.83. The van der Waals surface area contributed by atoms with Crippen LogP contribution in [-0.4, -0.2) is 50.0 Å². The van der Waals surface area contributed by atoms with E-state index in [1.165, 1.54) is 29.2 Å². The molecule has 1 saturated carbocycles. The third-order valence-corrected chi connectivity index (χ3v) is 8.11. The molecule has 1 unspecified atom stereocenters. The van der Waals surface area contributed by atoms with Crippen molar-refractivity contribution in [1.82, 2.24) is 10.2 Å². The van der Waals surface area contributed by atoms with Crippen LogP contribution in [0.2, 0.25) is 5.02 Å². The molecule has 0 spiro atoms. The van der Waals surface area contributed by atoms with Crippen LogP contribution in [0.4, 0.5) is 10.1 Å². The van der Waals surface area contributed by atoms with E-state index in [1.54, 1.807) is 32.0 Å². The molecular formula is C26H33ClFN3O4S. The first-order chi connectivity index (χ1) is 17.0. The molecule has 10 heteroatoms. The molecule has 1 aliphatic carbocycles. The van der Waals surface area contributed by atoms with Gasteiger partial charge in [0, 0.05) is 17.6 Å². The maximum atomic E-state index is 13.6. The number of hydrogen-bond donors (Lipinski definition) is 1. The van der Waals surface area contributed by atoms with Crippen molar-refractivity contribution in [1.29, 1.82) is 0 Å². The second kappa shape index (κ2) is 12.1. The molecule has 1 atom stereocenters. The van der Waals surface area contributed by atoms with Gasteiger partial charge >= 0.3 is 0 Å². The minimum atomic E-state index is -3.86. The lowest BCUT2D eigenvalue weighted by Crippen LogP contribution is -2.53. The number of rotatable bonds is 9. The summed E-state index contributed by atoms with van der Waals surface area (Å²) in [5.74, 6) is -1.28. The fourth-order valence-corrected chi connectivity index (χ4v) is 5.47. The van der Waals surface area contributed by atoms with Crippen LogP contribution in [0, 0.1) is 12.7 Å². The van der Waals surface area contributed by atoms with Gasteiger partial charge in [-0.15, -0.1) is 0 Å². The zero-order valence-electron chi connectivity index (χ0n) is 20.8. The van der Waals surface area contributed by atoms with Gasteiger partial charge in [0.25, 0.3) is 0 Å². The standard InChI is InChI=1S/C26H33ClFN3O4S/c1-18-23(27)10-7-11-24(18)31(36(3,34)35)17-25(32)30(16-20-12-14-21(28)15-13-20)19(2)26(33)29-22-8-5-4-6-9-22/h7,10-15,19,22H,4-6,8-9,16-17H2,1-3H3,(H,29,33). The van der Waals surface area contributed by atoms with E-state index in [1.807, 2.05) is 0 Å². The van der Waals surface area contributed by atoms with Gasteiger partial charge in [-0.05, 0) is 62.1 Å². The molecule has 0 radical (unpaired) electrons. The number of carbonyl (C=O) groups excluding carboxylic acids is 2. The van der Waals surface area contributed by atoms with Crippen LogP contribution in [-0.2, 0) is 26.2 Å². The summed E-state index contributed by atoms with van der Waals surface area (Å²) in [6, 6.07) is 9.66. The van der Waals surface area contributed by atoms with Crippen molar-refractivity contribution in [3.8, 4) is 0 Å². The normalized spacial score (nSPS) is 15.2. The SMILES string of the molecule is Cc1c(Cl)cccc1N(CC(=O)N(Cc1ccc(F)cc1)C(C)C(=O)NC1CCCCC1)S(C)(=O)=O. The van der Waals surface area contributed by atoms with Crippen molar-refractivity contribution >= 4 is 39.1 Å². The minimum absolute atomic E-state index is 0.0183. The minimum Gasteiger partial charge on any atom is -0.352 e. The van der Waals surface area contributed by atoms with Crippen LogP contribution in [0.3, 0.4) is 0 Å². The van der Waals surface area contributed by atoms with Crippen molar-refractivity contribution in [3.05, 3.63) is 64.4 Å². The van der Waals surface area contributed by atoms with Crippen molar-refractivity contribution in [2.45, 2.75) is 64.6 Å². The molecule has 0 saturated heterocycles. The Kier molecular flexibility index (Phi) is 9.35. The molecule has 0 aliphatic heterocycles. The number of nitrogens with one attached hydrogen (secondary N) is 1. The van der Waals surface area contributed by atoms with E-state index in [4.69, 9.17) is 11.6 Å². The molecule has 7 nitrogen and oxygen atoms in total. The van der Waals surface area contributed by atoms with Crippen molar-refractivity contribution in [2.75, 3.05) is 17.1 Å². The second-order valence-electron chi connectivity index (χ2n) is 9.32. The number of halogens is 2. The number of hydrogen-bond acceptors (Lipinski definition) is 4. The number of amides is 2. The first kappa shape index (κ1) is 27.9. The Hall–Kier alpha value is -2.65. The highest BCUT2D eigenvalue weighted by molar-refractivity contribution is 7.92. The van der Waals surface area contributed by atoms with Gasteiger partial charge in [-0.2, -0.15) is 0 Å². The molecule has 1 N–H and O–H groups in total. The van der Waals surface area contributed by atoms with Crippen LogP contribution in [0.15, 0.2) is 42.5 Å². The molecule has 0 aromatic heterocycles. The summed E-state index contributed by atoms with van der Waals surface area (Å²) in [5.41, 5.74) is 1.43. The Morgan fingerprint density at radius 1 is 1.11 bits per heavy atom. The number of benzene rings is 2. The lowest BCUT2D eigenvalue weighted by molar-refractivity contribution is -0.139. The van der Waals surface area contributed by atoms with E-state index in [-0.39, 0.29) is 18.5 Å². The second-order valence-corrected chi connectivity index (χ2v) is 11.6. The maximum Gasteiger partial charge on any atom is 0.244 e. The number of nitrogens with zero attached hydrogens (tertiary/aromatic N) is 2. The van der Waals surface area contributed by atoms with Crippen molar-refractivity contribution < 1.29 is 22.4 Å². The van der Waals surface area contributed by atoms with Crippen molar-refractivity contribution in [3.63, 3.8) is 0 Å². The Bertz CT molecular complexity index is 1180. The number of anilines is 1. The van der Waals surface area contributed by atoms with Gasteiger partial charge in [0.15, 0.2) is 0 Å². The zero-order chi connectivity index (χ0) is 26.5. The van der Waals surface area contributed by atoms with Crippen molar-refractivity contribution in [2.24, 2.45) is 0 Å². The van der Waals surface area contributed by atoms with Crippen LogP contribution in [0.25, 0.3) is 0 Å². The molecule has 1 fully saturated rings. The topological polar surface area (TPSA) is 86.8 Å². The van der Waals surface area contributed by atoms with Gasteiger partial charge in [0.1, 0.15) is 18.4 Å². The fraction of sp³-hybridized carbons (Fsp3) is 0.462. The summed E-state index contributed by atoms with van der Waals surface area (Å²) >= 11 is 6.21. The quantitative estimate of drug-likeness (QED) is 0.513. The van der Waals surface area contributed by atoms with Crippen LogP contribution >= 0.6 is 11.6 Å². The molecule has 3 rings (SSSR count). The van der Waals surface area contributed by atoms with Gasteiger partial charge in [0.05, 0.1) is 11.9 Å². The lowest BCUT2D eigenvalue weighted by atomic mass is 9.95. The first-order valence-electron chi connectivity index (χ1n) is 12.0. The molecule has 2 aromatic rings. The number of sulfonamides is 1. The van der Waals surface area contributed by atoms with E-state index >= 15 is 0 Å². The summed E-state index contributed by atoms with van der Waals surface area (Å²) in [6.45, 7) is 2.80. The molecule has 2 amide bonds. The molecule has 36 heavy (non-hydrogen) atoms. The molecule has 196 valence electrons. The smallest absolute Gasteiger partial charge is 0.244 e. The number of carbonyl (C=O) groups is 2.